The maximum absolute atomic E-state index is 12.4. The van der Waals surface area contributed by atoms with E-state index in [0.29, 0.717) is 37.0 Å². The van der Waals surface area contributed by atoms with E-state index in [0.717, 1.165) is 12.1 Å². The molecule has 0 aromatic carbocycles. The molecule has 0 spiro atoms. The fourth-order valence-corrected chi connectivity index (χ4v) is 3.08. The average molecular weight is 347 g/mol. The van der Waals surface area contributed by atoms with E-state index in [1.54, 1.807) is 22.8 Å². The lowest BCUT2D eigenvalue weighted by molar-refractivity contribution is -0.130. The summed E-state index contributed by atoms with van der Waals surface area (Å²) in [7, 11) is 0. The molecule has 0 saturated carbocycles. The summed E-state index contributed by atoms with van der Waals surface area (Å²) in [6.07, 6.45) is 5.86. The van der Waals surface area contributed by atoms with Crippen LogP contribution in [0.2, 0.25) is 5.15 Å². The van der Waals surface area contributed by atoms with Crippen LogP contribution in [0.3, 0.4) is 0 Å². The number of nitrogens with zero attached hydrogens (tertiary/aromatic N) is 4. The van der Waals surface area contributed by atoms with Gasteiger partial charge in [-0.2, -0.15) is 0 Å². The minimum absolute atomic E-state index is 0.0531. The molecule has 2 amide bonds. The lowest BCUT2D eigenvalue weighted by Gasteiger charge is -2.20. The van der Waals surface area contributed by atoms with Crippen molar-refractivity contribution in [3.05, 3.63) is 41.3 Å². The summed E-state index contributed by atoms with van der Waals surface area (Å²) >= 11 is 6.16. The van der Waals surface area contributed by atoms with Crippen LogP contribution in [0.4, 0.5) is 0 Å². The zero-order chi connectivity index (χ0) is 17.1. The van der Waals surface area contributed by atoms with Gasteiger partial charge < -0.3 is 9.80 Å². The first-order valence-electron chi connectivity index (χ1n) is 7.91. The largest absolute Gasteiger partial charge is 0.341 e. The van der Waals surface area contributed by atoms with Crippen LogP contribution in [0.1, 0.15) is 19.0 Å². The zero-order valence-electron chi connectivity index (χ0n) is 13.5. The third kappa shape index (κ3) is 3.43. The number of hydrogen-bond donors (Lipinski definition) is 0. The van der Waals surface area contributed by atoms with E-state index in [-0.39, 0.29) is 11.8 Å². The van der Waals surface area contributed by atoms with Crippen LogP contribution in [0.15, 0.2) is 30.5 Å². The Kier molecular flexibility index (Phi) is 4.85. The predicted molar refractivity (Wildman–Crippen MR) is 92.7 cm³/mol. The van der Waals surface area contributed by atoms with E-state index in [1.165, 1.54) is 6.08 Å². The number of pyridine rings is 1. The fourth-order valence-electron chi connectivity index (χ4n) is 2.84. The molecule has 1 saturated heterocycles. The molecule has 7 heteroatoms. The molecular weight excluding hydrogens is 328 g/mol. The second kappa shape index (κ2) is 7.05. The molecule has 3 rings (SSSR count). The Morgan fingerprint density at radius 3 is 2.71 bits per heavy atom. The molecule has 0 N–H and O–H groups in total. The zero-order valence-corrected chi connectivity index (χ0v) is 14.2. The molecule has 24 heavy (non-hydrogen) atoms. The predicted octanol–water partition coefficient (Wildman–Crippen LogP) is 2.08. The van der Waals surface area contributed by atoms with Crippen LogP contribution >= 0.6 is 11.6 Å². The third-order valence-corrected chi connectivity index (χ3v) is 4.44. The lowest BCUT2D eigenvalue weighted by atomic mass is 10.3. The van der Waals surface area contributed by atoms with Gasteiger partial charge in [0.2, 0.25) is 11.8 Å². The molecule has 0 aliphatic carbocycles. The van der Waals surface area contributed by atoms with Gasteiger partial charge in [-0.05, 0) is 24.6 Å². The molecule has 126 valence electrons. The first-order chi connectivity index (χ1) is 11.6. The lowest BCUT2D eigenvalue weighted by Crippen LogP contribution is -2.35. The highest BCUT2D eigenvalue weighted by Crippen LogP contribution is 2.19. The monoisotopic (exact) mass is 346 g/mol. The highest BCUT2D eigenvalue weighted by Gasteiger charge is 2.19. The Hall–Kier alpha value is -2.34. The van der Waals surface area contributed by atoms with Crippen LogP contribution in [0.25, 0.3) is 11.7 Å². The molecule has 0 radical (unpaired) electrons. The van der Waals surface area contributed by atoms with Crippen LogP contribution in [0.5, 0.6) is 0 Å². The third-order valence-electron chi connectivity index (χ3n) is 4.16. The molecule has 1 fully saturated rings. The van der Waals surface area contributed by atoms with Gasteiger partial charge in [-0.1, -0.05) is 17.7 Å². The quantitative estimate of drug-likeness (QED) is 0.782. The fraction of sp³-hybridized carbons (Fsp3) is 0.353. The van der Waals surface area contributed by atoms with Crippen molar-refractivity contribution in [1.29, 1.82) is 0 Å². The molecule has 0 atom stereocenters. The van der Waals surface area contributed by atoms with E-state index in [4.69, 9.17) is 11.6 Å². The summed E-state index contributed by atoms with van der Waals surface area (Å²) in [6, 6.07) is 5.63. The molecule has 0 bridgehead atoms. The molecule has 6 nitrogen and oxygen atoms in total. The molecule has 2 aromatic rings. The second-order valence-electron chi connectivity index (χ2n) is 5.73. The van der Waals surface area contributed by atoms with Crippen molar-refractivity contribution in [2.45, 2.75) is 13.3 Å². The number of carbonyl (C=O) groups is 2. The summed E-state index contributed by atoms with van der Waals surface area (Å²) in [5.74, 6) is -0.0281. The number of aromatic nitrogens is 2. The number of halogens is 1. The number of imidazole rings is 1. The molecular formula is C17H19ClN4O2. The standard InChI is InChI=1S/C17H19ClN4O2/c1-13(23)20-8-4-9-21(12-11-20)16(24)7-6-14-17(18)19-15-5-2-3-10-22(14)15/h2-3,5-7,10H,4,8-9,11-12H2,1H3/b7-6+. The summed E-state index contributed by atoms with van der Waals surface area (Å²) in [4.78, 5) is 31.7. The molecule has 0 unspecified atom stereocenters. The van der Waals surface area contributed by atoms with Crippen LogP contribution in [-0.4, -0.2) is 57.2 Å². The van der Waals surface area contributed by atoms with E-state index in [2.05, 4.69) is 4.98 Å². The number of fused-ring (bicyclic) bond motifs is 1. The minimum atomic E-state index is -0.0812. The van der Waals surface area contributed by atoms with Gasteiger partial charge in [-0.25, -0.2) is 4.98 Å². The van der Waals surface area contributed by atoms with Crippen molar-refractivity contribution in [2.75, 3.05) is 26.2 Å². The molecule has 3 heterocycles. The van der Waals surface area contributed by atoms with Crippen molar-refractivity contribution in [2.24, 2.45) is 0 Å². The minimum Gasteiger partial charge on any atom is -0.341 e. The van der Waals surface area contributed by atoms with Gasteiger partial charge in [0.1, 0.15) is 5.65 Å². The van der Waals surface area contributed by atoms with Gasteiger partial charge in [0, 0.05) is 45.4 Å². The smallest absolute Gasteiger partial charge is 0.246 e. The van der Waals surface area contributed by atoms with Gasteiger partial charge >= 0.3 is 0 Å². The topological polar surface area (TPSA) is 57.9 Å². The van der Waals surface area contributed by atoms with Crippen molar-refractivity contribution in [3.8, 4) is 0 Å². The number of amides is 2. The highest BCUT2D eigenvalue weighted by atomic mass is 35.5. The summed E-state index contributed by atoms with van der Waals surface area (Å²) < 4.78 is 1.84. The first-order valence-corrected chi connectivity index (χ1v) is 8.29. The SMILES string of the molecule is CC(=O)N1CCCN(C(=O)/C=C/c2c(Cl)nc3ccccn23)CC1. The van der Waals surface area contributed by atoms with Crippen LogP contribution < -0.4 is 0 Å². The van der Waals surface area contributed by atoms with Crippen LogP contribution in [0, 0.1) is 0 Å². The Balaban J connectivity index is 1.73. The van der Waals surface area contributed by atoms with Gasteiger partial charge in [0.25, 0.3) is 0 Å². The van der Waals surface area contributed by atoms with E-state index >= 15 is 0 Å². The van der Waals surface area contributed by atoms with E-state index in [1.807, 2.05) is 28.8 Å². The Labute approximate surface area is 145 Å². The molecule has 2 aromatic heterocycles. The van der Waals surface area contributed by atoms with Crippen molar-refractivity contribution in [1.82, 2.24) is 19.2 Å². The van der Waals surface area contributed by atoms with Gasteiger partial charge in [-0.3, -0.25) is 14.0 Å². The number of rotatable bonds is 2. The normalized spacial score (nSPS) is 15.9. The number of hydrogen-bond acceptors (Lipinski definition) is 3. The van der Waals surface area contributed by atoms with Gasteiger partial charge in [0.15, 0.2) is 5.15 Å². The van der Waals surface area contributed by atoms with Gasteiger partial charge in [0.05, 0.1) is 5.69 Å². The van der Waals surface area contributed by atoms with Crippen molar-refractivity contribution in [3.63, 3.8) is 0 Å². The van der Waals surface area contributed by atoms with Crippen molar-refractivity contribution < 1.29 is 9.59 Å². The number of carbonyl (C=O) groups excluding carboxylic acids is 2. The summed E-state index contributed by atoms with van der Waals surface area (Å²) in [5, 5.41) is 0.365. The van der Waals surface area contributed by atoms with E-state index < -0.39 is 0 Å². The molecule has 1 aliphatic rings. The maximum atomic E-state index is 12.4. The summed E-state index contributed by atoms with van der Waals surface area (Å²) in [5.41, 5.74) is 1.42. The Morgan fingerprint density at radius 2 is 1.92 bits per heavy atom. The highest BCUT2D eigenvalue weighted by molar-refractivity contribution is 6.31. The first kappa shape index (κ1) is 16.5. The van der Waals surface area contributed by atoms with E-state index in [9.17, 15) is 9.59 Å². The maximum Gasteiger partial charge on any atom is 0.246 e. The van der Waals surface area contributed by atoms with Gasteiger partial charge in [-0.15, -0.1) is 0 Å². The summed E-state index contributed by atoms with van der Waals surface area (Å²) in [6.45, 7) is 4.02. The van der Waals surface area contributed by atoms with Crippen LogP contribution in [-0.2, 0) is 9.59 Å². The average Bonchev–Trinajstić information content (AvgIpc) is 2.74. The van der Waals surface area contributed by atoms with Crippen molar-refractivity contribution >= 4 is 35.1 Å². The molecule has 1 aliphatic heterocycles. The Morgan fingerprint density at radius 1 is 1.17 bits per heavy atom. The second-order valence-corrected chi connectivity index (χ2v) is 6.09. The Bertz CT molecular complexity index is 799.